The number of nitrogens with zero attached hydrogens (tertiary/aromatic N) is 1. The van der Waals surface area contributed by atoms with Crippen molar-refractivity contribution in [2.45, 2.75) is 32.1 Å². The van der Waals surface area contributed by atoms with Crippen molar-refractivity contribution in [2.75, 3.05) is 13.6 Å². The zero-order valence-electron chi connectivity index (χ0n) is 11.6. The molecule has 0 fully saturated rings. The number of aromatic nitrogens is 1. The third kappa shape index (κ3) is 2.45. The molecule has 1 atom stereocenters. The number of fused-ring (bicyclic) bond motifs is 3. The van der Waals surface area contributed by atoms with Crippen molar-refractivity contribution in [1.29, 1.82) is 0 Å². The predicted octanol–water partition coefficient (Wildman–Crippen LogP) is 3.62. The maximum atomic E-state index is 4.95. The van der Waals surface area contributed by atoms with E-state index >= 15 is 0 Å². The van der Waals surface area contributed by atoms with E-state index in [0.29, 0.717) is 5.92 Å². The molecule has 1 aromatic heterocycles. The lowest BCUT2D eigenvalue weighted by Gasteiger charge is -2.07. The fourth-order valence-corrected chi connectivity index (χ4v) is 3.94. The summed E-state index contributed by atoms with van der Waals surface area (Å²) in [5.41, 5.74) is 4.06. The normalized spacial score (nSPS) is 15.5. The molecular weight excluding hydrogens is 252 g/mol. The Morgan fingerprint density at radius 3 is 3.00 bits per heavy atom. The molecule has 0 aliphatic heterocycles. The maximum absolute atomic E-state index is 4.95. The molecule has 1 aliphatic rings. The predicted molar refractivity (Wildman–Crippen MR) is 81.9 cm³/mol. The first-order valence-electron chi connectivity index (χ1n) is 7.02. The van der Waals surface area contributed by atoms with Gasteiger partial charge in [0, 0.05) is 22.9 Å². The number of benzene rings is 1. The third-order valence-corrected chi connectivity index (χ3v) is 5.11. The number of hydrogen-bond donors (Lipinski definition) is 1. The second-order valence-corrected chi connectivity index (χ2v) is 6.41. The Morgan fingerprint density at radius 2 is 2.16 bits per heavy atom. The second-order valence-electron chi connectivity index (χ2n) is 5.29. The van der Waals surface area contributed by atoms with E-state index in [9.17, 15) is 0 Å². The highest BCUT2D eigenvalue weighted by atomic mass is 32.1. The van der Waals surface area contributed by atoms with Gasteiger partial charge >= 0.3 is 0 Å². The highest BCUT2D eigenvalue weighted by Gasteiger charge is 2.20. The van der Waals surface area contributed by atoms with Gasteiger partial charge in [-0.15, -0.1) is 11.3 Å². The lowest BCUT2D eigenvalue weighted by atomic mass is 10.0. The van der Waals surface area contributed by atoms with E-state index < -0.39 is 0 Å². The summed E-state index contributed by atoms with van der Waals surface area (Å²) in [6.45, 7) is 3.24. The van der Waals surface area contributed by atoms with Crippen LogP contribution in [0.15, 0.2) is 24.3 Å². The van der Waals surface area contributed by atoms with Gasteiger partial charge in [0.1, 0.15) is 0 Å². The Morgan fingerprint density at radius 1 is 1.32 bits per heavy atom. The molecule has 19 heavy (non-hydrogen) atoms. The molecule has 0 bridgehead atoms. The molecule has 0 radical (unpaired) electrons. The van der Waals surface area contributed by atoms with E-state index in [0.717, 1.165) is 6.54 Å². The van der Waals surface area contributed by atoms with Crippen molar-refractivity contribution < 1.29 is 0 Å². The topological polar surface area (TPSA) is 24.9 Å². The quantitative estimate of drug-likeness (QED) is 0.923. The van der Waals surface area contributed by atoms with E-state index in [4.69, 9.17) is 4.98 Å². The smallest absolute Gasteiger partial charge is 0.0976 e. The van der Waals surface area contributed by atoms with E-state index in [1.165, 1.54) is 46.0 Å². The van der Waals surface area contributed by atoms with Crippen LogP contribution in [-0.2, 0) is 12.8 Å². The number of nitrogens with one attached hydrogen (secondary N) is 1. The zero-order valence-corrected chi connectivity index (χ0v) is 12.4. The lowest BCUT2D eigenvalue weighted by Crippen LogP contribution is -2.14. The van der Waals surface area contributed by atoms with Gasteiger partial charge in [0.15, 0.2) is 0 Å². The molecule has 1 unspecified atom stereocenters. The molecule has 1 aliphatic carbocycles. The Balaban J connectivity index is 2.04. The van der Waals surface area contributed by atoms with Crippen LogP contribution in [0.4, 0.5) is 0 Å². The van der Waals surface area contributed by atoms with Crippen molar-refractivity contribution in [2.24, 2.45) is 0 Å². The van der Waals surface area contributed by atoms with Gasteiger partial charge in [-0.2, -0.15) is 0 Å². The van der Waals surface area contributed by atoms with Crippen molar-refractivity contribution in [3.63, 3.8) is 0 Å². The van der Waals surface area contributed by atoms with E-state index in [1.54, 1.807) is 0 Å². The van der Waals surface area contributed by atoms with Crippen LogP contribution >= 0.6 is 11.3 Å². The minimum Gasteiger partial charge on any atom is -0.319 e. The van der Waals surface area contributed by atoms with Gasteiger partial charge in [0.05, 0.1) is 10.7 Å². The summed E-state index contributed by atoms with van der Waals surface area (Å²) in [6.07, 6.45) is 3.60. The zero-order chi connectivity index (χ0) is 13.2. The number of likely N-dealkylation sites (N-methyl/N-ethyl adjacent to an activating group) is 1. The molecule has 0 saturated heterocycles. The van der Waals surface area contributed by atoms with Crippen LogP contribution in [0.25, 0.3) is 11.3 Å². The van der Waals surface area contributed by atoms with Gasteiger partial charge < -0.3 is 5.32 Å². The molecule has 100 valence electrons. The summed E-state index contributed by atoms with van der Waals surface area (Å²) < 4.78 is 0. The standard InChI is InChI=1S/C16H20N2S/c1-11(10-17-2)16-18-15-13-8-4-3-6-12(13)7-5-9-14(15)19-16/h3-4,6,8,11,17H,5,7,9-10H2,1-2H3. The maximum Gasteiger partial charge on any atom is 0.0976 e. The van der Waals surface area contributed by atoms with E-state index in [-0.39, 0.29) is 0 Å². The fourth-order valence-electron chi connectivity index (χ4n) is 2.76. The van der Waals surface area contributed by atoms with Gasteiger partial charge in [0.2, 0.25) is 0 Å². The highest BCUT2D eigenvalue weighted by Crippen LogP contribution is 2.37. The average Bonchev–Trinajstić information content (AvgIpc) is 2.77. The summed E-state index contributed by atoms with van der Waals surface area (Å²) in [4.78, 5) is 6.42. The van der Waals surface area contributed by atoms with Gasteiger partial charge in [-0.05, 0) is 31.9 Å². The minimum atomic E-state index is 0.495. The van der Waals surface area contributed by atoms with Gasteiger partial charge in [0.25, 0.3) is 0 Å². The Bertz CT molecular complexity index is 574. The lowest BCUT2D eigenvalue weighted by molar-refractivity contribution is 0.674. The first-order chi connectivity index (χ1) is 9.29. The summed E-state index contributed by atoms with van der Waals surface area (Å²) in [6, 6.07) is 8.75. The minimum absolute atomic E-state index is 0.495. The molecule has 1 aromatic carbocycles. The Hall–Kier alpha value is -1.19. The van der Waals surface area contributed by atoms with Crippen LogP contribution < -0.4 is 5.32 Å². The van der Waals surface area contributed by atoms with Crippen LogP contribution in [0.3, 0.4) is 0 Å². The molecule has 0 saturated carbocycles. The summed E-state index contributed by atoms with van der Waals surface area (Å²) in [5.74, 6) is 0.495. The number of hydrogen-bond acceptors (Lipinski definition) is 3. The van der Waals surface area contributed by atoms with Gasteiger partial charge in [-0.25, -0.2) is 4.98 Å². The van der Waals surface area contributed by atoms with Gasteiger partial charge in [-0.1, -0.05) is 31.2 Å². The number of rotatable bonds is 3. The van der Waals surface area contributed by atoms with Crippen molar-refractivity contribution in [1.82, 2.24) is 10.3 Å². The Kier molecular flexibility index (Phi) is 3.67. The third-order valence-electron chi connectivity index (χ3n) is 3.77. The number of aryl methyl sites for hydroxylation is 2. The summed E-state index contributed by atoms with van der Waals surface area (Å²) in [7, 11) is 2.00. The van der Waals surface area contributed by atoms with Crippen molar-refractivity contribution in [3.8, 4) is 11.3 Å². The molecule has 3 rings (SSSR count). The molecular formula is C16H20N2S. The molecule has 0 spiro atoms. The molecule has 2 nitrogen and oxygen atoms in total. The van der Waals surface area contributed by atoms with E-state index in [2.05, 4.69) is 36.5 Å². The molecule has 1 heterocycles. The van der Waals surface area contributed by atoms with Crippen LogP contribution in [0.5, 0.6) is 0 Å². The van der Waals surface area contributed by atoms with Crippen LogP contribution in [0.2, 0.25) is 0 Å². The van der Waals surface area contributed by atoms with Crippen LogP contribution in [-0.4, -0.2) is 18.6 Å². The SMILES string of the molecule is CNCC(C)c1nc2c(s1)CCCc1ccccc1-2. The largest absolute Gasteiger partial charge is 0.319 e. The van der Waals surface area contributed by atoms with Crippen molar-refractivity contribution in [3.05, 3.63) is 39.7 Å². The first-order valence-corrected chi connectivity index (χ1v) is 7.83. The second kappa shape index (κ2) is 5.43. The van der Waals surface area contributed by atoms with Crippen LogP contribution in [0, 0.1) is 0 Å². The molecule has 3 heteroatoms. The molecule has 1 N–H and O–H groups in total. The number of thiazole rings is 1. The van der Waals surface area contributed by atoms with Crippen molar-refractivity contribution >= 4 is 11.3 Å². The summed E-state index contributed by atoms with van der Waals surface area (Å²) >= 11 is 1.91. The first kappa shape index (κ1) is 12.8. The fraction of sp³-hybridized carbons (Fsp3) is 0.438. The molecule has 0 amide bonds. The van der Waals surface area contributed by atoms with Crippen LogP contribution in [0.1, 0.15) is 34.7 Å². The monoisotopic (exact) mass is 272 g/mol. The van der Waals surface area contributed by atoms with Gasteiger partial charge in [-0.3, -0.25) is 0 Å². The van der Waals surface area contributed by atoms with E-state index in [1.807, 2.05) is 18.4 Å². The summed E-state index contributed by atoms with van der Waals surface area (Å²) in [5, 5.41) is 4.52. The Labute approximate surface area is 118 Å². The highest BCUT2D eigenvalue weighted by molar-refractivity contribution is 7.12. The molecule has 2 aromatic rings. The average molecular weight is 272 g/mol.